The first-order chi connectivity index (χ1) is 7.34. The van der Waals surface area contributed by atoms with E-state index in [2.05, 4.69) is 17.2 Å². The van der Waals surface area contributed by atoms with Gasteiger partial charge < -0.3 is 5.32 Å². The predicted octanol–water partition coefficient (Wildman–Crippen LogP) is 2.60. The normalized spacial score (nSPS) is 19.2. The number of hydrogen-bond donors (Lipinski definition) is 1. The lowest BCUT2D eigenvalue weighted by molar-refractivity contribution is 0.449. The highest BCUT2D eigenvalue weighted by Crippen LogP contribution is 2.08. The fourth-order valence-electron chi connectivity index (χ4n) is 1.69. The molecular formula is C13H15ClFN. The average molecular weight is 240 g/mol. The van der Waals surface area contributed by atoms with Gasteiger partial charge in [-0.2, -0.15) is 0 Å². The Morgan fingerprint density at radius 1 is 1.25 bits per heavy atom. The molecular weight excluding hydrogens is 225 g/mol. The molecule has 0 spiro atoms. The zero-order valence-corrected chi connectivity index (χ0v) is 9.82. The summed E-state index contributed by atoms with van der Waals surface area (Å²) in [6.07, 6.45) is 2.37. The summed E-state index contributed by atoms with van der Waals surface area (Å²) in [6.45, 7) is 2.09. The third kappa shape index (κ3) is 3.84. The molecule has 0 saturated carbocycles. The second kappa shape index (κ2) is 6.52. The largest absolute Gasteiger partial charge is 0.316 e. The molecule has 86 valence electrons. The molecule has 0 aliphatic carbocycles. The van der Waals surface area contributed by atoms with Crippen LogP contribution >= 0.6 is 12.4 Å². The van der Waals surface area contributed by atoms with Crippen LogP contribution in [0.25, 0.3) is 0 Å². The van der Waals surface area contributed by atoms with Crippen LogP contribution in [0, 0.1) is 23.6 Å². The van der Waals surface area contributed by atoms with Crippen molar-refractivity contribution >= 4 is 12.4 Å². The molecule has 0 bridgehead atoms. The lowest BCUT2D eigenvalue weighted by Gasteiger charge is -2.17. The minimum atomic E-state index is -0.208. The number of halogens is 2. The molecule has 1 atom stereocenters. The van der Waals surface area contributed by atoms with Gasteiger partial charge in [-0.25, -0.2) is 4.39 Å². The number of rotatable bonds is 0. The Kier molecular flexibility index (Phi) is 5.31. The molecule has 2 rings (SSSR count). The Bertz CT molecular complexity index is 371. The summed E-state index contributed by atoms with van der Waals surface area (Å²) in [5, 5.41) is 3.32. The van der Waals surface area contributed by atoms with Crippen LogP contribution in [0.15, 0.2) is 24.3 Å². The van der Waals surface area contributed by atoms with Crippen LogP contribution in [0.4, 0.5) is 4.39 Å². The number of nitrogens with one attached hydrogen (secondary N) is 1. The number of hydrogen-bond acceptors (Lipinski definition) is 1. The van der Waals surface area contributed by atoms with E-state index in [9.17, 15) is 4.39 Å². The average Bonchev–Trinajstić information content (AvgIpc) is 2.30. The van der Waals surface area contributed by atoms with Gasteiger partial charge in [0.05, 0.1) is 0 Å². The smallest absolute Gasteiger partial charge is 0.123 e. The molecule has 1 aliphatic rings. The second-order valence-corrected chi connectivity index (χ2v) is 3.82. The molecule has 0 radical (unpaired) electrons. The number of piperidine rings is 1. The summed E-state index contributed by atoms with van der Waals surface area (Å²) >= 11 is 0. The van der Waals surface area contributed by atoms with Gasteiger partial charge in [0.1, 0.15) is 5.82 Å². The Morgan fingerprint density at radius 2 is 2.00 bits per heavy atom. The minimum Gasteiger partial charge on any atom is -0.316 e. The standard InChI is InChI=1S/C13H14FN.ClH/c14-13-7-5-11(6-8-13)3-4-12-2-1-9-15-10-12;/h5-8,12,15H,1-2,9-10H2;1H. The molecule has 1 aliphatic heterocycles. The van der Waals surface area contributed by atoms with Crippen molar-refractivity contribution in [3.63, 3.8) is 0 Å². The first kappa shape index (κ1) is 13.0. The van der Waals surface area contributed by atoms with Crippen LogP contribution in [0.3, 0.4) is 0 Å². The van der Waals surface area contributed by atoms with Gasteiger partial charge in [-0.1, -0.05) is 11.8 Å². The maximum Gasteiger partial charge on any atom is 0.123 e. The summed E-state index contributed by atoms with van der Waals surface area (Å²) in [7, 11) is 0. The van der Waals surface area contributed by atoms with Crippen LogP contribution in [-0.4, -0.2) is 13.1 Å². The molecule has 3 heteroatoms. The summed E-state index contributed by atoms with van der Waals surface area (Å²) in [5.74, 6) is 6.55. The van der Waals surface area contributed by atoms with E-state index in [1.54, 1.807) is 12.1 Å². The Morgan fingerprint density at radius 3 is 2.62 bits per heavy atom. The summed E-state index contributed by atoms with van der Waals surface area (Å²) < 4.78 is 12.6. The molecule has 1 saturated heterocycles. The first-order valence-corrected chi connectivity index (χ1v) is 5.32. The van der Waals surface area contributed by atoms with E-state index in [1.165, 1.54) is 25.0 Å². The summed E-state index contributed by atoms with van der Waals surface area (Å²) in [4.78, 5) is 0. The molecule has 1 nitrogen and oxygen atoms in total. The Hall–Kier alpha value is -1.04. The molecule has 0 amide bonds. The van der Waals surface area contributed by atoms with Crippen LogP contribution in [0.5, 0.6) is 0 Å². The van der Waals surface area contributed by atoms with Crippen molar-refractivity contribution in [3.8, 4) is 11.8 Å². The van der Waals surface area contributed by atoms with Gasteiger partial charge in [0.15, 0.2) is 0 Å². The van der Waals surface area contributed by atoms with Crippen molar-refractivity contribution in [2.45, 2.75) is 12.8 Å². The van der Waals surface area contributed by atoms with Crippen molar-refractivity contribution < 1.29 is 4.39 Å². The van der Waals surface area contributed by atoms with Gasteiger partial charge in [0, 0.05) is 18.0 Å². The molecule has 1 N–H and O–H groups in total. The summed E-state index contributed by atoms with van der Waals surface area (Å²) in [6, 6.07) is 6.34. The third-order valence-electron chi connectivity index (χ3n) is 2.56. The van der Waals surface area contributed by atoms with E-state index in [4.69, 9.17) is 0 Å². The van der Waals surface area contributed by atoms with Gasteiger partial charge in [-0.3, -0.25) is 0 Å². The molecule has 1 heterocycles. The highest BCUT2D eigenvalue weighted by atomic mass is 35.5. The van der Waals surface area contributed by atoms with Gasteiger partial charge >= 0.3 is 0 Å². The second-order valence-electron chi connectivity index (χ2n) is 3.82. The van der Waals surface area contributed by atoms with Crippen molar-refractivity contribution in [1.82, 2.24) is 5.32 Å². The van der Waals surface area contributed by atoms with Crippen LogP contribution in [-0.2, 0) is 0 Å². The zero-order valence-electron chi connectivity index (χ0n) is 9.00. The van der Waals surface area contributed by atoms with Gasteiger partial charge in [0.25, 0.3) is 0 Å². The van der Waals surface area contributed by atoms with E-state index in [1.807, 2.05) is 0 Å². The molecule has 16 heavy (non-hydrogen) atoms. The van der Waals surface area contributed by atoms with Crippen molar-refractivity contribution in [2.24, 2.45) is 5.92 Å². The SMILES string of the molecule is Cl.Fc1ccc(C#CC2CCCNC2)cc1. The van der Waals surface area contributed by atoms with Gasteiger partial charge in [-0.05, 0) is 43.7 Å². The van der Waals surface area contributed by atoms with E-state index in [-0.39, 0.29) is 18.2 Å². The van der Waals surface area contributed by atoms with E-state index < -0.39 is 0 Å². The lowest BCUT2D eigenvalue weighted by Crippen LogP contribution is -2.28. The molecule has 1 aromatic carbocycles. The zero-order chi connectivity index (χ0) is 10.5. The van der Waals surface area contributed by atoms with Crippen LogP contribution in [0.1, 0.15) is 18.4 Å². The summed E-state index contributed by atoms with van der Waals surface area (Å²) in [5.41, 5.74) is 0.891. The topological polar surface area (TPSA) is 12.0 Å². The van der Waals surface area contributed by atoms with Gasteiger partial charge in [-0.15, -0.1) is 12.4 Å². The van der Waals surface area contributed by atoms with Crippen LogP contribution < -0.4 is 5.32 Å². The van der Waals surface area contributed by atoms with E-state index >= 15 is 0 Å². The minimum absolute atomic E-state index is 0. The molecule has 1 unspecified atom stereocenters. The lowest BCUT2D eigenvalue weighted by atomic mass is 10.00. The van der Waals surface area contributed by atoms with Gasteiger partial charge in [0.2, 0.25) is 0 Å². The fourth-order valence-corrected chi connectivity index (χ4v) is 1.69. The maximum absolute atomic E-state index is 12.6. The maximum atomic E-state index is 12.6. The highest BCUT2D eigenvalue weighted by molar-refractivity contribution is 5.85. The Balaban J connectivity index is 0.00000128. The van der Waals surface area contributed by atoms with Crippen molar-refractivity contribution in [1.29, 1.82) is 0 Å². The molecule has 1 aromatic rings. The Labute approximate surface area is 102 Å². The molecule has 1 fully saturated rings. The van der Waals surface area contributed by atoms with Crippen molar-refractivity contribution in [2.75, 3.05) is 13.1 Å². The predicted molar refractivity (Wildman–Crippen MR) is 66.1 cm³/mol. The quantitative estimate of drug-likeness (QED) is 0.687. The number of benzene rings is 1. The highest BCUT2D eigenvalue weighted by Gasteiger charge is 2.08. The van der Waals surface area contributed by atoms with E-state index in [0.29, 0.717) is 5.92 Å². The molecule has 0 aromatic heterocycles. The van der Waals surface area contributed by atoms with Crippen molar-refractivity contribution in [3.05, 3.63) is 35.6 Å². The van der Waals surface area contributed by atoms with E-state index in [0.717, 1.165) is 18.7 Å². The monoisotopic (exact) mass is 239 g/mol. The van der Waals surface area contributed by atoms with Crippen LogP contribution in [0.2, 0.25) is 0 Å². The fraction of sp³-hybridized carbons (Fsp3) is 0.385. The third-order valence-corrected chi connectivity index (χ3v) is 2.56. The first-order valence-electron chi connectivity index (χ1n) is 5.32.